The number of rotatable bonds is 6. The maximum absolute atomic E-state index is 11.9. The highest BCUT2D eigenvalue weighted by Gasteiger charge is 2.09. The van der Waals surface area contributed by atoms with Crippen LogP contribution in [0.4, 0.5) is 0 Å². The van der Waals surface area contributed by atoms with E-state index in [1.807, 2.05) is 12.1 Å². The summed E-state index contributed by atoms with van der Waals surface area (Å²) in [6.45, 7) is 4.67. The number of hydrogen-bond acceptors (Lipinski definition) is 3. The van der Waals surface area contributed by atoms with Crippen molar-refractivity contribution in [2.75, 3.05) is 5.75 Å². The minimum absolute atomic E-state index is 0.413. The molecule has 0 bridgehead atoms. The molecule has 0 spiro atoms. The number of nitrogens with two attached hydrogens (primary N) is 1. The standard InChI is InChI=1S/C12H20N2OS/c1-3-10(2)8-16(15)9-11-5-4-6-14-12(11)7-13/h4-6,10H,3,7-9,13H2,1-2H3. The van der Waals surface area contributed by atoms with Gasteiger partial charge in [-0.2, -0.15) is 0 Å². The molecule has 0 saturated heterocycles. The Morgan fingerprint density at radius 3 is 2.94 bits per heavy atom. The first-order valence-corrected chi connectivity index (χ1v) is 7.14. The van der Waals surface area contributed by atoms with E-state index >= 15 is 0 Å². The van der Waals surface area contributed by atoms with E-state index in [0.717, 1.165) is 23.4 Å². The second-order valence-electron chi connectivity index (χ2n) is 4.08. The molecular weight excluding hydrogens is 220 g/mol. The highest BCUT2D eigenvalue weighted by atomic mass is 32.2. The van der Waals surface area contributed by atoms with E-state index in [1.54, 1.807) is 6.20 Å². The van der Waals surface area contributed by atoms with Crippen LogP contribution in [0.15, 0.2) is 18.3 Å². The van der Waals surface area contributed by atoms with Crippen LogP contribution < -0.4 is 5.73 Å². The summed E-state index contributed by atoms with van der Waals surface area (Å²) in [7, 11) is -0.808. The van der Waals surface area contributed by atoms with Gasteiger partial charge in [0.1, 0.15) is 0 Å². The van der Waals surface area contributed by atoms with Gasteiger partial charge >= 0.3 is 0 Å². The van der Waals surface area contributed by atoms with Gasteiger partial charge in [-0.05, 0) is 17.5 Å². The van der Waals surface area contributed by atoms with Gasteiger partial charge < -0.3 is 5.73 Å². The molecule has 0 saturated carbocycles. The summed E-state index contributed by atoms with van der Waals surface area (Å²) in [4.78, 5) is 4.19. The van der Waals surface area contributed by atoms with Crippen molar-refractivity contribution in [3.8, 4) is 0 Å². The van der Waals surface area contributed by atoms with E-state index in [9.17, 15) is 4.21 Å². The summed E-state index contributed by atoms with van der Waals surface area (Å²) < 4.78 is 11.9. The number of aromatic nitrogens is 1. The molecular formula is C12H20N2OS. The van der Waals surface area contributed by atoms with Gasteiger partial charge in [0, 0.05) is 29.3 Å². The average molecular weight is 240 g/mol. The Hall–Kier alpha value is -0.740. The Bertz CT molecular complexity index is 355. The topological polar surface area (TPSA) is 56.0 Å². The highest BCUT2D eigenvalue weighted by molar-refractivity contribution is 7.84. The molecule has 2 unspecified atom stereocenters. The third kappa shape index (κ3) is 4.02. The van der Waals surface area contributed by atoms with Crippen molar-refractivity contribution < 1.29 is 4.21 Å². The molecule has 90 valence electrons. The molecule has 2 atom stereocenters. The summed E-state index contributed by atoms with van der Waals surface area (Å²) in [5.74, 6) is 1.85. The second-order valence-corrected chi connectivity index (χ2v) is 5.58. The molecule has 3 nitrogen and oxygen atoms in total. The molecule has 4 heteroatoms. The van der Waals surface area contributed by atoms with Crippen LogP contribution in [0.2, 0.25) is 0 Å². The molecule has 0 aromatic carbocycles. The fourth-order valence-electron chi connectivity index (χ4n) is 1.45. The Kier molecular flexibility index (Phi) is 5.63. The van der Waals surface area contributed by atoms with Crippen molar-refractivity contribution in [2.45, 2.75) is 32.6 Å². The molecule has 1 heterocycles. The van der Waals surface area contributed by atoms with Crippen LogP contribution in [0.3, 0.4) is 0 Å². The molecule has 0 aliphatic rings. The fraction of sp³-hybridized carbons (Fsp3) is 0.583. The molecule has 0 aliphatic carbocycles. The minimum atomic E-state index is -0.808. The largest absolute Gasteiger partial charge is 0.325 e. The van der Waals surface area contributed by atoms with Gasteiger partial charge in [-0.15, -0.1) is 0 Å². The van der Waals surface area contributed by atoms with Crippen molar-refractivity contribution in [3.63, 3.8) is 0 Å². The lowest BCUT2D eigenvalue weighted by Gasteiger charge is -2.09. The Morgan fingerprint density at radius 1 is 1.56 bits per heavy atom. The third-order valence-electron chi connectivity index (χ3n) is 2.66. The van der Waals surface area contributed by atoms with Crippen LogP contribution in [-0.4, -0.2) is 14.9 Å². The van der Waals surface area contributed by atoms with Gasteiger partial charge in [-0.1, -0.05) is 26.3 Å². The smallest absolute Gasteiger partial charge is 0.0580 e. The molecule has 0 fully saturated rings. The molecule has 2 N–H and O–H groups in total. The lowest BCUT2D eigenvalue weighted by molar-refractivity contribution is 0.615. The summed E-state index contributed by atoms with van der Waals surface area (Å²) in [6, 6.07) is 3.83. The predicted octanol–water partition coefficient (Wildman–Crippen LogP) is 1.84. The number of hydrogen-bond donors (Lipinski definition) is 1. The van der Waals surface area contributed by atoms with Crippen LogP contribution in [0.5, 0.6) is 0 Å². The van der Waals surface area contributed by atoms with Crippen LogP contribution in [-0.2, 0) is 23.1 Å². The van der Waals surface area contributed by atoms with Crippen LogP contribution in [0.25, 0.3) is 0 Å². The Balaban J connectivity index is 2.62. The van der Waals surface area contributed by atoms with Crippen molar-refractivity contribution in [2.24, 2.45) is 11.7 Å². The summed E-state index contributed by atoms with van der Waals surface area (Å²) in [6.07, 6.45) is 2.80. The van der Waals surface area contributed by atoms with Crippen molar-refractivity contribution >= 4 is 10.8 Å². The first-order valence-electron chi connectivity index (χ1n) is 5.65. The van der Waals surface area contributed by atoms with Crippen LogP contribution >= 0.6 is 0 Å². The van der Waals surface area contributed by atoms with Gasteiger partial charge in [-0.3, -0.25) is 9.19 Å². The minimum Gasteiger partial charge on any atom is -0.325 e. The molecule has 1 rings (SSSR count). The van der Waals surface area contributed by atoms with Crippen molar-refractivity contribution in [1.29, 1.82) is 0 Å². The molecule has 1 aromatic rings. The highest BCUT2D eigenvalue weighted by Crippen LogP contribution is 2.11. The predicted molar refractivity (Wildman–Crippen MR) is 68.3 cm³/mol. The Labute approximate surface area is 99.9 Å². The first-order chi connectivity index (χ1) is 7.67. The van der Waals surface area contributed by atoms with E-state index in [0.29, 0.717) is 18.2 Å². The number of nitrogens with zero attached hydrogens (tertiary/aromatic N) is 1. The lowest BCUT2D eigenvalue weighted by Crippen LogP contribution is -2.11. The maximum Gasteiger partial charge on any atom is 0.0580 e. The summed E-state index contributed by atoms with van der Waals surface area (Å²) >= 11 is 0. The number of pyridine rings is 1. The van der Waals surface area contributed by atoms with E-state index < -0.39 is 10.8 Å². The van der Waals surface area contributed by atoms with E-state index in [4.69, 9.17) is 5.73 Å². The molecule has 1 aromatic heterocycles. The van der Waals surface area contributed by atoms with E-state index in [2.05, 4.69) is 18.8 Å². The van der Waals surface area contributed by atoms with Gasteiger partial charge in [-0.25, -0.2) is 0 Å². The van der Waals surface area contributed by atoms with E-state index in [1.165, 1.54) is 0 Å². The van der Waals surface area contributed by atoms with Crippen LogP contribution in [0, 0.1) is 5.92 Å². The van der Waals surface area contributed by atoms with Gasteiger partial charge in [0.15, 0.2) is 0 Å². The van der Waals surface area contributed by atoms with Crippen LogP contribution in [0.1, 0.15) is 31.5 Å². The van der Waals surface area contributed by atoms with Gasteiger partial charge in [0.05, 0.1) is 11.4 Å². The zero-order chi connectivity index (χ0) is 12.0. The zero-order valence-electron chi connectivity index (χ0n) is 9.98. The van der Waals surface area contributed by atoms with Crippen molar-refractivity contribution in [3.05, 3.63) is 29.6 Å². The Morgan fingerprint density at radius 2 is 2.31 bits per heavy atom. The molecule has 0 amide bonds. The maximum atomic E-state index is 11.9. The monoisotopic (exact) mass is 240 g/mol. The summed E-state index contributed by atoms with van der Waals surface area (Å²) in [5, 5.41) is 0. The third-order valence-corrected chi connectivity index (χ3v) is 4.24. The van der Waals surface area contributed by atoms with E-state index in [-0.39, 0.29) is 0 Å². The average Bonchev–Trinajstić information content (AvgIpc) is 2.29. The van der Waals surface area contributed by atoms with Gasteiger partial charge in [0.25, 0.3) is 0 Å². The SMILES string of the molecule is CCC(C)CS(=O)Cc1cccnc1CN. The second kappa shape index (κ2) is 6.76. The first kappa shape index (κ1) is 13.3. The zero-order valence-corrected chi connectivity index (χ0v) is 10.8. The molecule has 0 aliphatic heterocycles. The van der Waals surface area contributed by atoms with Gasteiger partial charge in [0.2, 0.25) is 0 Å². The quantitative estimate of drug-likeness (QED) is 0.825. The lowest BCUT2D eigenvalue weighted by atomic mass is 10.2. The normalized spacial score (nSPS) is 14.7. The molecule has 16 heavy (non-hydrogen) atoms. The van der Waals surface area contributed by atoms with Crippen molar-refractivity contribution in [1.82, 2.24) is 4.98 Å². The fourth-order valence-corrected chi connectivity index (χ4v) is 3.05. The summed E-state index contributed by atoms with van der Waals surface area (Å²) in [5.41, 5.74) is 7.47. The molecule has 0 radical (unpaired) electrons.